The van der Waals surface area contributed by atoms with E-state index in [1.807, 2.05) is 31.2 Å². The molecule has 8 nitrogen and oxygen atoms in total. The van der Waals surface area contributed by atoms with Gasteiger partial charge in [-0.1, -0.05) is 6.07 Å². The SMILES string of the molecule is COc1cccc(C(=O)NC2C[C@H]3CC[C@@H](C2)N3c2ccc(C(=O)NC(C)c3c(F)cc(C4CCNCC4)cc3F)cn2)c1C.Cl. The van der Waals surface area contributed by atoms with Crippen LogP contribution in [0.1, 0.15) is 94.8 Å². The Morgan fingerprint density at radius 1 is 1.00 bits per heavy atom. The molecule has 3 saturated heterocycles. The average molecular weight is 654 g/mol. The minimum absolute atomic E-state index is 0. The van der Waals surface area contributed by atoms with Crippen LogP contribution >= 0.6 is 12.4 Å². The molecular formula is C35H42ClF2N5O3. The predicted molar refractivity (Wildman–Crippen MR) is 176 cm³/mol. The lowest BCUT2D eigenvalue weighted by Crippen LogP contribution is -2.50. The summed E-state index contributed by atoms with van der Waals surface area (Å²) in [4.78, 5) is 33.1. The number of carbonyl (C=O) groups excluding carboxylic acids is 2. The Hall–Kier alpha value is -3.76. The maximum absolute atomic E-state index is 15.1. The molecule has 2 unspecified atom stereocenters. The number of ether oxygens (including phenoxy) is 1. The van der Waals surface area contributed by atoms with Crippen LogP contribution in [0.15, 0.2) is 48.7 Å². The molecule has 0 radical (unpaired) electrons. The number of hydrogen-bond donors (Lipinski definition) is 3. The van der Waals surface area contributed by atoms with Crippen molar-refractivity contribution in [3.63, 3.8) is 0 Å². The summed E-state index contributed by atoms with van der Waals surface area (Å²) in [7, 11) is 1.60. The summed E-state index contributed by atoms with van der Waals surface area (Å²) >= 11 is 0. The van der Waals surface area contributed by atoms with Gasteiger partial charge in [0.05, 0.1) is 18.7 Å². The number of methoxy groups -OCH3 is 1. The Morgan fingerprint density at radius 2 is 1.67 bits per heavy atom. The number of amides is 2. The van der Waals surface area contributed by atoms with E-state index >= 15 is 8.78 Å². The minimum atomic E-state index is -0.856. The number of anilines is 1. The van der Waals surface area contributed by atoms with Crippen molar-refractivity contribution in [2.75, 3.05) is 25.1 Å². The molecule has 2 amide bonds. The first kappa shape index (κ1) is 33.6. The fourth-order valence-electron chi connectivity index (χ4n) is 7.45. The van der Waals surface area contributed by atoms with E-state index in [0.29, 0.717) is 22.4 Å². The van der Waals surface area contributed by atoms with E-state index in [4.69, 9.17) is 4.74 Å². The summed E-state index contributed by atoms with van der Waals surface area (Å²) in [6.45, 7) is 5.14. The molecule has 4 heterocycles. The van der Waals surface area contributed by atoms with E-state index in [1.54, 1.807) is 20.1 Å². The fourth-order valence-corrected chi connectivity index (χ4v) is 7.45. The molecule has 2 aromatic carbocycles. The highest BCUT2D eigenvalue weighted by molar-refractivity contribution is 5.96. The Labute approximate surface area is 275 Å². The normalized spacial score (nSPS) is 21.7. The molecule has 246 valence electrons. The summed E-state index contributed by atoms with van der Waals surface area (Å²) in [5.74, 6) is -0.217. The zero-order chi connectivity index (χ0) is 31.7. The Bertz CT molecular complexity index is 1530. The molecule has 46 heavy (non-hydrogen) atoms. The van der Waals surface area contributed by atoms with Gasteiger partial charge in [-0.2, -0.15) is 0 Å². The van der Waals surface area contributed by atoms with Gasteiger partial charge in [0.2, 0.25) is 0 Å². The summed E-state index contributed by atoms with van der Waals surface area (Å²) in [5, 5.41) is 9.24. The molecule has 0 spiro atoms. The molecule has 6 rings (SSSR count). The van der Waals surface area contributed by atoms with Gasteiger partial charge in [-0.3, -0.25) is 9.59 Å². The standard InChI is InChI=1S/C35H41F2N5O3.ClH/c1-20-28(5-4-6-31(20)45-3)35(44)41-25-17-26-8-9-27(18-25)42(26)32-10-7-23(19-39-32)34(43)40-21(2)33-29(36)15-24(16-30(33)37)22-11-13-38-14-12-22;/h4-7,10,15-16,19,21-22,25-27,38H,8-9,11-14,17-18H2,1-3H3,(H,40,43)(H,41,44);1H/t21?,25?,26-,27+;. The van der Waals surface area contributed by atoms with Crippen LogP contribution in [-0.4, -0.2) is 55.1 Å². The lowest BCUT2D eigenvalue weighted by Gasteiger charge is -2.40. The van der Waals surface area contributed by atoms with Crippen LogP contribution in [-0.2, 0) is 0 Å². The predicted octanol–water partition coefficient (Wildman–Crippen LogP) is 5.99. The van der Waals surface area contributed by atoms with E-state index in [9.17, 15) is 9.59 Å². The fraction of sp³-hybridized carbons (Fsp3) is 0.457. The largest absolute Gasteiger partial charge is 0.496 e. The van der Waals surface area contributed by atoms with Gasteiger partial charge >= 0.3 is 0 Å². The van der Waals surface area contributed by atoms with E-state index in [1.165, 1.54) is 18.3 Å². The summed E-state index contributed by atoms with van der Waals surface area (Å²) < 4.78 is 35.6. The number of piperidine rings is 2. The summed E-state index contributed by atoms with van der Waals surface area (Å²) in [6.07, 6.45) is 6.82. The smallest absolute Gasteiger partial charge is 0.253 e. The topological polar surface area (TPSA) is 95.6 Å². The average Bonchev–Trinajstić information content (AvgIpc) is 3.30. The lowest BCUT2D eigenvalue weighted by atomic mass is 9.89. The molecule has 3 aliphatic heterocycles. The van der Waals surface area contributed by atoms with Crippen molar-refractivity contribution in [2.45, 2.75) is 82.5 Å². The van der Waals surface area contributed by atoms with E-state index in [-0.39, 0.29) is 47.9 Å². The molecule has 3 N–H and O–H groups in total. The van der Waals surface area contributed by atoms with Crippen LogP contribution in [0.5, 0.6) is 5.75 Å². The number of halogens is 3. The zero-order valence-electron chi connectivity index (χ0n) is 26.4. The van der Waals surface area contributed by atoms with Gasteiger partial charge in [0.15, 0.2) is 0 Å². The Morgan fingerprint density at radius 3 is 2.28 bits per heavy atom. The highest BCUT2D eigenvalue weighted by Gasteiger charge is 2.42. The third-order valence-corrected chi connectivity index (χ3v) is 9.78. The van der Waals surface area contributed by atoms with Gasteiger partial charge < -0.3 is 25.6 Å². The highest BCUT2D eigenvalue weighted by atomic mass is 35.5. The lowest BCUT2D eigenvalue weighted by molar-refractivity contribution is 0.0922. The van der Waals surface area contributed by atoms with Gasteiger partial charge in [0.1, 0.15) is 23.2 Å². The number of aromatic nitrogens is 1. The molecule has 0 saturated carbocycles. The third kappa shape index (κ3) is 6.83. The molecular weight excluding hydrogens is 612 g/mol. The number of pyridine rings is 1. The van der Waals surface area contributed by atoms with Crippen LogP contribution in [0, 0.1) is 18.6 Å². The first-order valence-corrected chi connectivity index (χ1v) is 15.9. The van der Waals surface area contributed by atoms with Gasteiger partial charge in [-0.25, -0.2) is 13.8 Å². The number of nitrogens with one attached hydrogen (secondary N) is 3. The number of rotatable bonds is 8. The van der Waals surface area contributed by atoms with Crippen molar-refractivity contribution in [1.82, 2.24) is 20.9 Å². The molecule has 3 aliphatic rings. The summed E-state index contributed by atoms with van der Waals surface area (Å²) in [5.41, 5.74) is 2.29. The van der Waals surface area contributed by atoms with Crippen LogP contribution in [0.3, 0.4) is 0 Å². The van der Waals surface area contributed by atoms with Gasteiger partial charge in [-0.05, 0) is 113 Å². The van der Waals surface area contributed by atoms with E-state index in [2.05, 4.69) is 25.8 Å². The number of hydrogen-bond acceptors (Lipinski definition) is 6. The molecule has 4 atom stereocenters. The summed E-state index contributed by atoms with van der Waals surface area (Å²) in [6, 6.07) is 11.5. The minimum Gasteiger partial charge on any atom is -0.496 e. The van der Waals surface area contributed by atoms with Crippen molar-refractivity contribution >= 4 is 30.0 Å². The molecule has 0 aliphatic carbocycles. The second-order valence-electron chi connectivity index (χ2n) is 12.6. The molecule has 1 aromatic heterocycles. The van der Waals surface area contributed by atoms with Crippen LogP contribution in [0.2, 0.25) is 0 Å². The van der Waals surface area contributed by atoms with Crippen LogP contribution in [0.25, 0.3) is 0 Å². The molecule has 11 heteroatoms. The van der Waals surface area contributed by atoms with Crippen molar-refractivity contribution in [1.29, 1.82) is 0 Å². The van der Waals surface area contributed by atoms with E-state index < -0.39 is 23.6 Å². The highest BCUT2D eigenvalue weighted by Crippen LogP contribution is 2.39. The Kier molecular flexibility index (Phi) is 10.5. The van der Waals surface area contributed by atoms with Crippen molar-refractivity contribution < 1.29 is 23.1 Å². The van der Waals surface area contributed by atoms with Crippen molar-refractivity contribution in [3.05, 3.63) is 88.1 Å². The zero-order valence-corrected chi connectivity index (χ0v) is 27.3. The van der Waals surface area contributed by atoms with Crippen LogP contribution < -0.4 is 25.6 Å². The number of benzene rings is 2. The van der Waals surface area contributed by atoms with Gasteiger partial charge in [-0.15, -0.1) is 12.4 Å². The number of fused-ring (bicyclic) bond motifs is 2. The number of carbonyl (C=O) groups is 2. The second kappa shape index (κ2) is 14.3. The first-order valence-electron chi connectivity index (χ1n) is 15.9. The quantitative estimate of drug-likeness (QED) is 0.277. The molecule has 3 fully saturated rings. The molecule has 3 aromatic rings. The maximum Gasteiger partial charge on any atom is 0.253 e. The Balaban J connectivity index is 0.00000417. The molecule has 2 bridgehead atoms. The first-order chi connectivity index (χ1) is 21.7. The third-order valence-electron chi connectivity index (χ3n) is 9.78. The van der Waals surface area contributed by atoms with Crippen LogP contribution in [0.4, 0.5) is 14.6 Å². The van der Waals surface area contributed by atoms with E-state index in [0.717, 1.165) is 63.0 Å². The maximum atomic E-state index is 15.1. The van der Waals surface area contributed by atoms with Gasteiger partial charge in [0, 0.05) is 41.0 Å². The monoisotopic (exact) mass is 653 g/mol. The van der Waals surface area contributed by atoms with Gasteiger partial charge in [0.25, 0.3) is 11.8 Å². The number of nitrogens with zero attached hydrogens (tertiary/aromatic N) is 2. The van der Waals surface area contributed by atoms with Crippen molar-refractivity contribution in [2.24, 2.45) is 0 Å². The van der Waals surface area contributed by atoms with Crippen molar-refractivity contribution in [3.8, 4) is 5.75 Å². The second-order valence-corrected chi connectivity index (χ2v) is 12.6.